The number of aryl methyl sites for hydroxylation is 1. The Morgan fingerprint density at radius 2 is 2.31 bits per heavy atom. The summed E-state index contributed by atoms with van der Waals surface area (Å²) in [6.07, 6.45) is 4.76. The second-order valence-corrected chi connectivity index (χ2v) is 4.58. The molecule has 5 heteroatoms. The molecule has 0 radical (unpaired) electrons. The van der Waals surface area contributed by atoms with Crippen molar-refractivity contribution in [3.05, 3.63) is 18.0 Å². The number of aromatic nitrogens is 2. The third-order valence-corrected chi connectivity index (χ3v) is 3.34. The van der Waals surface area contributed by atoms with Crippen LogP contribution in [0.1, 0.15) is 18.0 Å². The number of cyclic esters (lactones) is 1. The first kappa shape index (κ1) is 9.84. The van der Waals surface area contributed by atoms with Gasteiger partial charge in [0.05, 0.1) is 18.8 Å². The highest BCUT2D eigenvalue weighted by atomic mass is 16.5. The predicted molar refractivity (Wildman–Crippen MR) is 56.9 cm³/mol. The molecule has 1 atom stereocenters. The Morgan fingerprint density at radius 1 is 1.50 bits per heavy atom. The molecule has 1 aromatic rings. The summed E-state index contributed by atoms with van der Waals surface area (Å²) in [6, 6.07) is 0.412. The first-order valence-corrected chi connectivity index (χ1v) is 5.65. The number of likely N-dealkylation sites (tertiary alicyclic amines) is 1. The Morgan fingerprint density at radius 3 is 2.88 bits per heavy atom. The second kappa shape index (κ2) is 3.59. The first-order valence-electron chi connectivity index (χ1n) is 5.65. The number of hydrogen-bond acceptors (Lipinski definition) is 4. The maximum Gasteiger partial charge on any atom is 0.323 e. The van der Waals surface area contributed by atoms with Crippen molar-refractivity contribution in [3.8, 4) is 0 Å². The van der Waals surface area contributed by atoms with Crippen LogP contribution in [0.15, 0.2) is 12.4 Å². The summed E-state index contributed by atoms with van der Waals surface area (Å²) in [5.41, 5.74) is 1.18. The third kappa shape index (κ3) is 1.51. The van der Waals surface area contributed by atoms with Crippen LogP contribution in [0, 0.1) is 6.92 Å². The third-order valence-electron chi connectivity index (χ3n) is 3.34. The van der Waals surface area contributed by atoms with E-state index < -0.39 is 0 Å². The van der Waals surface area contributed by atoms with Gasteiger partial charge in [0.1, 0.15) is 6.04 Å². The van der Waals surface area contributed by atoms with E-state index in [9.17, 15) is 4.79 Å². The van der Waals surface area contributed by atoms with E-state index in [1.165, 1.54) is 5.56 Å². The molecule has 2 saturated heterocycles. The van der Waals surface area contributed by atoms with E-state index in [2.05, 4.69) is 16.2 Å². The van der Waals surface area contributed by atoms with Crippen molar-refractivity contribution < 1.29 is 9.53 Å². The Bertz CT molecular complexity index is 409. The van der Waals surface area contributed by atoms with Gasteiger partial charge in [0.15, 0.2) is 0 Å². The molecule has 86 valence electrons. The highest BCUT2D eigenvalue weighted by Crippen LogP contribution is 2.26. The Balaban J connectivity index is 1.60. The van der Waals surface area contributed by atoms with Crippen molar-refractivity contribution in [2.75, 3.05) is 19.7 Å². The smallest absolute Gasteiger partial charge is 0.323 e. The molecule has 0 amide bonds. The van der Waals surface area contributed by atoms with Crippen molar-refractivity contribution in [2.45, 2.75) is 25.4 Å². The first-order chi connectivity index (χ1) is 7.74. The lowest BCUT2D eigenvalue weighted by molar-refractivity contribution is -0.144. The SMILES string of the molecule is Cc1cnn(C2CN(C3CCOC3=O)C2)c1. The fourth-order valence-electron chi connectivity index (χ4n) is 2.36. The number of carbonyl (C=O) groups is 1. The monoisotopic (exact) mass is 221 g/mol. The number of ether oxygens (including phenoxy) is 1. The van der Waals surface area contributed by atoms with E-state index in [4.69, 9.17) is 4.74 Å². The minimum Gasteiger partial charge on any atom is -0.464 e. The standard InChI is InChI=1S/C11H15N3O2/c1-8-4-12-14(5-8)9-6-13(7-9)10-2-3-16-11(10)15/h4-5,9-10H,2-3,6-7H2,1H3. The molecule has 0 spiro atoms. The molecule has 3 rings (SSSR count). The highest BCUT2D eigenvalue weighted by Gasteiger charge is 2.40. The zero-order chi connectivity index (χ0) is 11.1. The van der Waals surface area contributed by atoms with Gasteiger partial charge in [-0.1, -0.05) is 0 Å². The molecular formula is C11H15N3O2. The van der Waals surface area contributed by atoms with Crippen LogP contribution in [0.3, 0.4) is 0 Å². The zero-order valence-corrected chi connectivity index (χ0v) is 9.30. The van der Waals surface area contributed by atoms with Crippen LogP contribution in [0.2, 0.25) is 0 Å². The van der Waals surface area contributed by atoms with Gasteiger partial charge in [-0.15, -0.1) is 0 Å². The number of nitrogens with zero attached hydrogens (tertiary/aromatic N) is 3. The van der Waals surface area contributed by atoms with Gasteiger partial charge in [0, 0.05) is 25.7 Å². The van der Waals surface area contributed by atoms with E-state index in [1.54, 1.807) is 0 Å². The normalized spacial score (nSPS) is 26.8. The van der Waals surface area contributed by atoms with Crippen molar-refractivity contribution in [1.29, 1.82) is 0 Å². The summed E-state index contributed by atoms with van der Waals surface area (Å²) in [5, 5.41) is 4.29. The predicted octanol–water partition coefficient (Wildman–Crippen LogP) is 0.364. The fourth-order valence-corrected chi connectivity index (χ4v) is 2.36. The maximum atomic E-state index is 11.4. The summed E-state index contributed by atoms with van der Waals surface area (Å²) in [4.78, 5) is 13.5. The highest BCUT2D eigenvalue weighted by molar-refractivity contribution is 5.77. The fraction of sp³-hybridized carbons (Fsp3) is 0.636. The molecule has 16 heavy (non-hydrogen) atoms. The summed E-state index contributed by atoms with van der Waals surface area (Å²) < 4.78 is 6.96. The number of carbonyl (C=O) groups excluding carboxylic acids is 1. The molecule has 2 aliphatic heterocycles. The summed E-state index contributed by atoms with van der Waals surface area (Å²) in [6.45, 7) is 4.42. The molecule has 3 heterocycles. The van der Waals surface area contributed by atoms with Crippen LogP contribution < -0.4 is 0 Å². The summed E-state index contributed by atoms with van der Waals surface area (Å²) in [5.74, 6) is -0.0601. The molecule has 0 saturated carbocycles. The molecule has 2 aliphatic rings. The van der Waals surface area contributed by atoms with Gasteiger partial charge in [-0.05, 0) is 12.5 Å². The largest absolute Gasteiger partial charge is 0.464 e. The van der Waals surface area contributed by atoms with E-state index >= 15 is 0 Å². The van der Waals surface area contributed by atoms with Gasteiger partial charge in [-0.3, -0.25) is 14.4 Å². The van der Waals surface area contributed by atoms with Gasteiger partial charge in [0.25, 0.3) is 0 Å². The Hall–Kier alpha value is -1.36. The summed E-state index contributed by atoms with van der Waals surface area (Å²) >= 11 is 0. The molecule has 1 aromatic heterocycles. The molecule has 2 fully saturated rings. The average molecular weight is 221 g/mol. The van der Waals surface area contributed by atoms with Crippen LogP contribution in [-0.4, -0.2) is 46.4 Å². The molecule has 5 nitrogen and oxygen atoms in total. The van der Waals surface area contributed by atoms with Crippen molar-refractivity contribution >= 4 is 5.97 Å². The van der Waals surface area contributed by atoms with E-state index in [-0.39, 0.29) is 12.0 Å². The lowest BCUT2D eigenvalue weighted by Crippen LogP contribution is -2.54. The summed E-state index contributed by atoms with van der Waals surface area (Å²) in [7, 11) is 0. The van der Waals surface area contributed by atoms with Crippen molar-refractivity contribution in [1.82, 2.24) is 14.7 Å². The van der Waals surface area contributed by atoms with Crippen molar-refractivity contribution in [2.24, 2.45) is 0 Å². The Labute approximate surface area is 94.0 Å². The van der Waals surface area contributed by atoms with Crippen LogP contribution in [0.5, 0.6) is 0 Å². The van der Waals surface area contributed by atoms with Crippen molar-refractivity contribution in [3.63, 3.8) is 0 Å². The van der Waals surface area contributed by atoms with Gasteiger partial charge < -0.3 is 4.74 Å². The second-order valence-electron chi connectivity index (χ2n) is 4.58. The van der Waals surface area contributed by atoms with Crippen LogP contribution in [0.25, 0.3) is 0 Å². The maximum absolute atomic E-state index is 11.4. The van der Waals surface area contributed by atoms with Gasteiger partial charge in [-0.25, -0.2) is 0 Å². The number of rotatable bonds is 2. The van der Waals surface area contributed by atoms with E-state index in [0.29, 0.717) is 12.6 Å². The molecule has 1 unspecified atom stereocenters. The van der Waals surface area contributed by atoms with Crippen LogP contribution in [-0.2, 0) is 9.53 Å². The minimum absolute atomic E-state index is 0.00657. The number of esters is 1. The molecule has 0 N–H and O–H groups in total. The van der Waals surface area contributed by atoms with Gasteiger partial charge >= 0.3 is 5.97 Å². The average Bonchev–Trinajstić information content (AvgIpc) is 2.75. The van der Waals surface area contributed by atoms with E-state index in [0.717, 1.165) is 19.5 Å². The van der Waals surface area contributed by atoms with Gasteiger partial charge in [-0.2, -0.15) is 5.10 Å². The molecular weight excluding hydrogens is 206 g/mol. The topological polar surface area (TPSA) is 47.4 Å². The van der Waals surface area contributed by atoms with Crippen LogP contribution in [0.4, 0.5) is 0 Å². The zero-order valence-electron chi connectivity index (χ0n) is 9.30. The van der Waals surface area contributed by atoms with E-state index in [1.807, 2.05) is 17.8 Å². The van der Waals surface area contributed by atoms with Crippen LogP contribution >= 0.6 is 0 Å². The molecule has 0 aliphatic carbocycles. The lowest BCUT2D eigenvalue weighted by atomic mass is 10.0. The minimum atomic E-state index is -0.0601. The number of hydrogen-bond donors (Lipinski definition) is 0. The lowest BCUT2D eigenvalue weighted by Gasteiger charge is -2.41. The molecule has 0 bridgehead atoms. The Kier molecular flexibility index (Phi) is 2.21. The van der Waals surface area contributed by atoms with Gasteiger partial charge in [0.2, 0.25) is 0 Å². The molecule has 0 aromatic carbocycles. The quantitative estimate of drug-likeness (QED) is 0.677.